The molecule has 0 aliphatic heterocycles. The Bertz CT molecular complexity index is 2380. The number of nitrogens with zero attached hydrogens (tertiary/aromatic N) is 6. The number of hydrogen-bond donors (Lipinski definition) is 0. The van der Waals surface area contributed by atoms with Gasteiger partial charge in [0, 0.05) is 95.7 Å². The second-order valence-corrected chi connectivity index (χ2v) is 15.9. The first-order valence-corrected chi connectivity index (χ1v) is 19.1. The van der Waals surface area contributed by atoms with Crippen LogP contribution in [-0.4, -0.2) is 57.2 Å². The first kappa shape index (κ1) is 43.7. The van der Waals surface area contributed by atoms with Crippen molar-refractivity contribution in [2.24, 2.45) is 0 Å². The van der Waals surface area contributed by atoms with Gasteiger partial charge in [-0.3, -0.25) is 0 Å². The molecule has 276 valence electrons. The van der Waals surface area contributed by atoms with Crippen molar-refractivity contribution in [2.45, 2.75) is 0 Å². The molecule has 0 spiro atoms. The second-order valence-electron chi connectivity index (χ2n) is 12.7. The molecule has 9 aromatic rings. The van der Waals surface area contributed by atoms with E-state index in [-0.39, 0.29) is 71.9 Å². The van der Waals surface area contributed by atoms with Gasteiger partial charge >= 0.3 is 0 Å². The maximum atomic E-state index is 4.67. The standard InChI is InChI=1S/3C14H13N2S.3HI/c3*1-16(2)10-7-8-12-14(9-10)17-13-6-4-3-5-11(13)15-12;;;/h3*3-9H,1-2H3;3*1H/q3*+1;;;/p-3. The summed E-state index contributed by atoms with van der Waals surface area (Å²) in [5.74, 6) is 0. The maximum Gasteiger partial charge on any atom is 0.259 e. The Kier molecular flexibility index (Phi) is 15.9. The largest absolute Gasteiger partial charge is 1.00 e. The molecular weight excluding hydrogens is 1070 g/mol. The Balaban J connectivity index is 0.000000176. The highest BCUT2D eigenvalue weighted by Crippen LogP contribution is 2.31. The molecule has 0 aliphatic carbocycles. The van der Waals surface area contributed by atoms with Crippen LogP contribution in [0.15, 0.2) is 127 Å². The lowest BCUT2D eigenvalue weighted by atomic mass is 10.3. The normalized spacial score (nSPS) is 10.3. The average molecular weight is 1100 g/mol. The van der Waals surface area contributed by atoms with E-state index >= 15 is 0 Å². The van der Waals surface area contributed by atoms with Gasteiger partial charge in [0.25, 0.3) is 28.2 Å². The fourth-order valence-electron chi connectivity index (χ4n) is 5.52. The van der Waals surface area contributed by atoms with Gasteiger partial charge in [0.2, 0.25) is 34.0 Å². The monoisotopic (exact) mass is 1100 g/mol. The Morgan fingerprint density at radius 1 is 0.315 bits per heavy atom. The Labute approximate surface area is 379 Å². The van der Waals surface area contributed by atoms with Gasteiger partial charge in [-0.25, -0.2) is 15.0 Å². The Hall–Kier alpha value is -3.03. The quantitative estimate of drug-likeness (QED) is 0.154. The van der Waals surface area contributed by atoms with Crippen LogP contribution in [0.3, 0.4) is 0 Å². The van der Waals surface area contributed by atoms with E-state index in [1.165, 1.54) is 45.3 Å². The molecular formula is C42H39I3N6S3. The van der Waals surface area contributed by atoms with E-state index in [2.05, 4.69) is 181 Å². The molecule has 3 heterocycles. The fraction of sp³-hybridized carbons (Fsp3) is 0.143. The maximum absolute atomic E-state index is 4.67. The van der Waals surface area contributed by atoms with Crippen LogP contribution in [0.5, 0.6) is 0 Å². The molecule has 54 heavy (non-hydrogen) atoms. The molecule has 0 saturated carbocycles. The predicted octanol–water partition coefficient (Wildman–Crippen LogP) is 2.40. The SMILES string of the molecule is CN(C)c1ccc2nc3ccccc3[s+]c2c1.CN(C)c1ccc2nc3ccccc3[s+]c2c1.CN(C)c1ccc2nc3ccccc3[s+]c2c1.[I-].[I-].[I-]. The molecule has 6 nitrogen and oxygen atoms in total. The zero-order chi connectivity index (χ0) is 35.5. The van der Waals surface area contributed by atoms with Crippen LogP contribution in [0, 0.1) is 0 Å². The molecule has 0 saturated heterocycles. The summed E-state index contributed by atoms with van der Waals surface area (Å²) in [5.41, 5.74) is 10.1. The lowest BCUT2D eigenvalue weighted by Gasteiger charge is -2.10. The number of halogens is 3. The number of hydrogen-bond acceptors (Lipinski definition) is 6. The number of benzene rings is 6. The number of aromatic nitrogens is 3. The first-order chi connectivity index (χ1) is 24.7. The minimum Gasteiger partial charge on any atom is -1.00 e. The third-order valence-corrected chi connectivity index (χ3v) is 11.7. The smallest absolute Gasteiger partial charge is 0.259 e. The van der Waals surface area contributed by atoms with E-state index in [0.717, 1.165) is 33.1 Å². The van der Waals surface area contributed by atoms with E-state index in [1.807, 2.05) is 18.2 Å². The third kappa shape index (κ3) is 10.2. The highest BCUT2D eigenvalue weighted by molar-refractivity contribution is 7.25. The molecule has 0 fully saturated rings. The lowest BCUT2D eigenvalue weighted by molar-refractivity contribution is -0.00100. The van der Waals surface area contributed by atoms with Crippen LogP contribution in [-0.2, 0) is 0 Å². The van der Waals surface area contributed by atoms with E-state index in [9.17, 15) is 0 Å². The van der Waals surface area contributed by atoms with Gasteiger partial charge in [-0.2, -0.15) is 0 Å². The van der Waals surface area contributed by atoms with Gasteiger partial charge in [0.1, 0.15) is 33.1 Å². The average Bonchev–Trinajstić information content (AvgIpc) is 3.15. The van der Waals surface area contributed by atoms with Gasteiger partial charge in [-0.05, 0) is 54.6 Å². The minimum absolute atomic E-state index is 0. The molecule has 0 bridgehead atoms. The van der Waals surface area contributed by atoms with E-state index < -0.39 is 0 Å². The molecule has 3 aromatic heterocycles. The van der Waals surface area contributed by atoms with Crippen molar-refractivity contribution in [1.82, 2.24) is 15.0 Å². The highest BCUT2D eigenvalue weighted by Gasteiger charge is 2.15. The summed E-state index contributed by atoms with van der Waals surface area (Å²) >= 11 is 5.38. The molecule has 6 aromatic carbocycles. The van der Waals surface area contributed by atoms with Crippen LogP contribution < -0.4 is 86.6 Å². The number of fused-ring (bicyclic) bond motifs is 6. The van der Waals surface area contributed by atoms with Gasteiger partial charge < -0.3 is 86.6 Å². The van der Waals surface area contributed by atoms with E-state index in [0.29, 0.717) is 0 Å². The van der Waals surface area contributed by atoms with Crippen molar-refractivity contribution >= 4 is 112 Å². The Morgan fingerprint density at radius 2 is 0.556 bits per heavy atom. The van der Waals surface area contributed by atoms with Crippen molar-refractivity contribution in [1.29, 1.82) is 0 Å². The van der Waals surface area contributed by atoms with Crippen LogP contribution in [0.25, 0.3) is 61.3 Å². The number of rotatable bonds is 3. The molecule has 12 heteroatoms. The van der Waals surface area contributed by atoms with Crippen LogP contribution in [0.2, 0.25) is 0 Å². The van der Waals surface area contributed by atoms with Gasteiger partial charge in [-0.15, -0.1) is 0 Å². The summed E-state index contributed by atoms with van der Waals surface area (Å²) < 4.78 is 7.39. The summed E-state index contributed by atoms with van der Waals surface area (Å²) in [6, 6.07) is 44.0. The minimum atomic E-state index is 0. The van der Waals surface area contributed by atoms with Crippen molar-refractivity contribution in [3.63, 3.8) is 0 Å². The summed E-state index contributed by atoms with van der Waals surface area (Å²) in [5, 5.41) is 0. The van der Waals surface area contributed by atoms with Crippen molar-refractivity contribution in [2.75, 3.05) is 57.0 Å². The van der Waals surface area contributed by atoms with Crippen LogP contribution >= 0.6 is 34.0 Å². The molecule has 0 N–H and O–H groups in total. The lowest BCUT2D eigenvalue weighted by Crippen LogP contribution is -3.00. The first-order valence-electron chi connectivity index (χ1n) is 16.6. The molecule has 0 unspecified atom stereocenters. The highest BCUT2D eigenvalue weighted by atomic mass is 127. The van der Waals surface area contributed by atoms with Crippen LogP contribution in [0.1, 0.15) is 0 Å². The zero-order valence-corrected chi connectivity index (χ0v) is 39.6. The predicted molar refractivity (Wildman–Crippen MR) is 228 cm³/mol. The topological polar surface area (TPSA) is 48.4 Å². The van der Waals surface area contributed by atoms with Gasteiger partial charge in [0.05, 0.1) is 0 Å². The van der Waals surface area contributed by atoms with Crippen molar-refractivity contribution in [3.05, 3.63) is 127 Å². The van der Waals surface area contributed by atoms with E-state index in [1.54, 1.807) is 34.0 Å². The molecule has 0 aliphatic rings. The number of para-hydroxylation sites is 3. The van der Waals surface area contributed by atoms with Crippen LogP contribution in [0.4, 0.5) is 17.1 Å². The zero-order valence-electron chi connectivity index (χ0n) is 30.7. The summed E-state index contributed by atoms with van der Waals surface area (Å²) in [7, 11) is 12.3. The van der Waals surface area contributed by atoms with Gasteiger partial charge in [0.15, 0.2) is 0 Å². The van der Waals surface area contributed by atoms with Gasteiger partial charge in [-0.1, -0.05) is 36.4 Å². The molecule has 0 radical (unpaired) electrons. The molecule has 0 atom stereocenters. The Morgan fingerprint density at radius 3 is 0.815 bits per heavy atom. The third-order valence-electron chi connectivity index (χ3n) is 8.36. The van der Waals surface area contributed by atoms with Crippen molar-refractivity contribution < 1.29 is 71.9 Å². The summed E-state index contributed by atoms with van der Waals surface area (Å²) in [6.45, 7) is 0. The molecule has 9 rings (SSSR count). The molecule has 0 amide bonds. The summed E-state index contributed by atoms with van der Waals surface area (Å²) in [6.07, 6.45) is 0. The number of anilines is 3. The second kappa shape index (κ2) is 19.7. The van der Waals surface area contributed by atoms with Crippen molar-refractivity contribution in [3.8, 4) is 0 Å². The fourth-order valence-corrected chi connectivity index (χ4v) is 8.52. The van der Waals surface area contributed by atoms with E-state index in [4.69, 9.17) is 0 Å². The summed E-state index contributed by atoms with van der Waals surface area (Å²) in [4.78, 5) is 20.3.